The first kappa shape index (κ1) is 19.0. The molecule has 1 saturated carbocycles. The molecule has 150 valence electrons. The Labute approximate surface area is 169 Å². The fraction of sp³-hybridized carbons (Fsp3) is 0.318. The molecule has 7 heteroatoms. The van der Waals surface area contributed by atoms with Crippen molar-refractivity contribution in [2.24, 2.45) is 0 Å². The van der Waals surface area contributed by atoms with E-state index in [0.717, 1.165) is 18.5 Å². The lowest BCUT2D eigenvalue weighted by Crippen LogP contribution is -2.42. The number of amides is 3. The van der Waals surface area contributed by atoms with Crippen LogP contribution in [-0.2, 0) is 9.59 Å². The minimum Gasteiger partial charge on any atom is -0.376 e. The number of carbonyl (C=O) groups is 3. The average molecular weight is 392 g/mol. The van der Waals surface area contributed by atoms with Gasteiger partial charge in [-0.05, 0) is 56.2 Å². The van der Waals surface area contributed by atoms with E-state index in [9.17, 15) is 14.4 Å². The molecule has 2 aromatic carbocycles. The first-order valence-corrected chi connectivity index (χ1v) is 9.87. The van der Waals surface area contributed by atoms with E-state index in [1.54, 1.807) is 35.2 Å². The van der Waals surface area contributed by atoms with Crippen LogP contribution in [0, 0.1) is 0 Å². The van der Waals surface area contributed by atoms with Crippen LogP contribution in [0.25, 0.3) is 0 Å². The van der Waals surface area contributed by atoms with Gasteiger partial charge in [0.15, 0.2) is 0 Å². The molecule has 1 fully saturated rings. The fourth-order valence-electron chi connectivity index (χ4n) is 3.47. The van der Waals surface area contributed by atoms with Gasteiger partial charge in [-0.25, -0.2) is 0 Å². The Hall–Kier alpha value is -3.35. The van der Waals surface area contributed by atoms with Gasteiger partial charge in [0.05, 0.1) is 17.9 Å². The number of benzene rings is 2. The van der Waals surface area contributed by atoms with Gasteiger partial charge in [-0.15, -0.1) is 0 Å². The summed E-state index contributed by atoms with van der Waals surface area (Å²) in [5.74, 6) is -0.299. The molecule has 7 nitrogen and oxygen atoms in total. The van der Waals surface area contributed by atoms with Gasteiger partial charge < -0.3 is 20.9 Å². The summed E-state index contributed by atoms with van der Waals surface area (Å²) in [5.41, 5.74) is 2.70. The van der Waals surface area contributed by atoms with Gasteiger partial charge in [-0.3, -0.25) is 14.4 Å². The van der Waals surface area contributed by atoms with Crippen molar-refractivity contribution in [2.45, 2.75) is 38.3 Å². The Morgan fingerprint density at radius 3 is 2.55 bits per heavy atom. The molecular weight excluding hydrogens is 368 g/mol. The highest BCUT2D eigenvalue weighted by molar-refractivity contribution is 6.05. The molecule has 0 radical (unpaired) electrons. The van der Waals surface area contributed by atoms with Crippen LogP contribution in [-0.4, -0.2) is 36.3 Å². The third-order valence-electron chi connectivity index (χ3n) is 5.13. The molecule has 29 heavy (non-hydrogen) atoms. The fourth-order valence-corrected chi connectivity index (χ4v) is 3.47. The summed E-state index contributed by atoms with van der Waals surface area (Å²) in [4.78, 5) is 38.8. The number of hydrogen-bond donors (Lipinski definition) is 3. The van der Waals surface area contributed by atoms with Gasteiger partial charge in [0.1, 0.15) is 0 Å². The number of carbonyl (C=O) groups excluding carboxylic acids is 3. The van der Waals surface area contributed by atoms with Gasteiger partial charge in [0.25, 0.3) is 5.91 Å². The summed E-state index contributed by atoms with van der Waals surface area (Å²) in [7, 11) is 0. The van der Waals surface area contributed by atoms with Crippen molar-refractivity contribution >= 4 is 34.8 Å². The molecule has 1 aliphatic carbocycles. The van der Waals surface area contributed by atoms with E-state index < -0.39 is 0 Å². The topological polar surface area (TPSA) is 90.5 Å². The second kappa shape index (κ2) is 7.95. The molecule has 2 aromatic rings. The van der Waals surface area contributed by atoms with E-state index in [1.807, 2.05) is 25.1 Å². The molecule has 1 atom stereocenters. The smallest absolute Gasteiger partial charge is 0.251 e. The number of rotatable bonds is 5. The van der Waals surface area contributed by atoms with Crippen LogP contribution in [0.5, 0.6) is 0 Å². The van der Waals surface area contributed by atoms with Crippen molar-refractivity contribution in [1.82, 2.24) is 5.32 Å². The molecule has 1 aliphatic heterocycles. The Morgan fingerprint density at radius 2 is 1.83 bits per heavy atom. The molecule has 0 spiro atoms. The van der Waals surface area contributed by atoms with Gasteiger partial charge in [-0.2, -0.15) is 0 Å². The van der Waals surface area contributed by atoms with Crippen LogP contribution in [0.1, 0.15) is 36.5 Å². The maximum absolute atomic E-state index is 13.0. The average Bonchev–Trinajstić information content (AvgIpc) is 3.52. The van der Waals surface area contributed by atoms with E-state index in [1.165, 1.54) is 0 Å². The zero-order valence-electron chi connectivity index (χ0n) is 16.3. The number of fused-ring (bicyclic) bond motifs is 1. The Balaban J connectivity index is 1.42. The normalized spacial score (nSPS) is 18.3. The molecule has 4 rings (SSSR count). The monoisotopic (exact) mass is 392 g/mol. The molecule has 1 unspecified atom stereocenters. The van der Waals surface area contributed by atoms with Crippen LogP contribution >= 0.6 is 0 Å². The minimum atomic E-state index is -0.249. The van der Waals surface area contributed by atoms with Crippen LogP contribution in [0.4, 0.5) is 17.1 Å². The molecule has 2 aliphatic rings. The summed E-state index contributed by atoms with van der Waals surface area (Å²) in [6.45, 7) is 1.95. The second-order valence-electron chi connectivity index (χ2n) is 7.56. The lowest BCUT2D eigenvalue weighted by Gasteiger charge is -2.28. The molecule has 0 saturated heterocycles. The maximum atomic E-state index is 13.0. The molecule has 3 N–H and O–H groups in total. The first-order chi connectivity index (χ1) is 14.0. The quantitative estimate of drug-likeness (QED) is 0.730. The van der Waals surface area contributed by atoms with Gasteiger partial charge >= 0.3 is 0 Å². The van der Waals surface area contributed by atoms with Crippen molar-refractivity contribution in [3.05, 3.63) is 54.1 Å². The van der Waals surface area contributed by atoms with E-state index >= 15 is 0 Å². The molecular formula is C22H24N4O3. The van der Waals surface area contributed by atoms with Gasteiger partial charge in [0, 0.05) is 29.8 Å². The number of hydrogen-bond acceptors (Lipinski definition) is 4. The van der Waals surface area contributed by atoms with Gasteiger partial charge in [-0.1, -0.05) is 12.1 Å². The van der Waals surface area contributed by atoms with Crippen molar-refractivity contribution in [1.29, 1.82) is 0 Å². The van der Waals surface area contributed by atoms with E-state index in [-0.39, 0.29) is 36.7 Å². The number of nitrogens with one attached hydrogen (secondary N) is 3. The summed E-state index contributed by atoms with van der Waals surface area (Å²) in [6.07, 6.45) is 2.34. The largest absolute Gasteiger partial charge is 0.376 e. The SMILES string of the molecule is CC1CC(=O)Nc2ccccc2N1C(=O)CNc1ccc(C(=O)NC2CC2)cc1. The lowest BCUT2D eigenvalue weighted by atomic mass is 10.1. The van der Waals surface area contributed by atoms with E-state index in [4.69, 9.17) is 0 Å². The highest BCUT2D eigenvalue weighted by Gasteiger charge is 2.29. The Morgan fingerprint density at radius 1 is 1.10 bits per heavy atom. The minimum absolute atomic E-state index is 0.0673. The summed E-state index contributed by atoms with van der Waals surface area (Å²) < 4.78 is 0. The maximum Gasteiger partial charge on any atom is 0.251 e. The summed E-state index contributed by atoms with van der Waals surface area (Å²) in [5, 5.41) is 8.92. The molecule has 0 aromatic heterocycles. The highest BCUT2D eigenvalue weighted by Crippen LogP contribution is 2.31. The van der Waals surface area contributed by atoms with Crippen LogP contribution in [0.3, 0.4) is 0 Å². The second-order valence-corrected chi connectivity index (χ2v) is 7.56. The van der Waals surface area contributed by atoms with Crippen molar-refractivity contribution in [3.8, 4) is 0 Å². The van der Waals surface area contributed by atoms with E-state index in [2.05, 4.69) is 16.0 Å². The van der Waals surface area contributed by atoms with Crippen LogP contribution < -0.4 is 20.9 Å². The molecule has 3 amide bonds. The zero-order chi connectivity index (χ0) is 20.4. The lowest BCUT2D eigenvalue weighted by molar-refractivity contribution is -0.118. The van der Waals surface area contributed by atoms with Gasteiger partial charge in [0.2, 0.25) is 11.8 Å². The summed E-state index contributed by atoms with van der Waals surface area (Å²) >= 11 is 0. The Bertz CT molecular complexity index is 937. The van der Waals surface area contributed by atoms with Crippen molar-refractivity contribution < 1.29 is 14.4 Å². The molecule has 1 heterocycles. The van der Waals surface area contributed by atoms with Crippen molar-refractivity contribution in [3.63, 3.8) is 0 Å². The van der Waals surface area contributed by atoms with E-state index in [0.29, 0.717) is 23.0 Å². The molecule has 0 bridgehead atoms. The number of nitrogens with zero attached hydrogens (tertiary/aromatic N) is 1. The highest BCUT2D eigenvalue weighted by atomic mass is 16.2. The van der Waals surface area contributed by atoms with Crippen molar-refractivity contribution in [2.75, 3.05) is 22.1 Å². The third kappa shape index (κ3) is 4.39. The summed E-state index contributed by atoms with van der Waals surface area (Å²) in [6, 6.07) is 14.5. The standard InChI is InChI=1S/C22H24N4O3/c1-14-12-20(27)25-18-4-2-3-5-19(18)26(14)21(28)13-23-16-8-6-15(7-9-16)22(29)24-17-10-11-17/h2-9,14,17,23H,10-13H2,1H3,(H,24,29)(H,25,27). The first-order valence-electron chi connectivity index (χ1n) is 9.87. The third-order valence-corrected chi connectivity index (χ3v) is 5.13. The van der Waals surface area contributed by atoms with Crippen LogP contribution in [0.15, 0.2) is 48.5 Å². The predicted octanol–water partition coefficient (Wildman–Crippen LogP) is 2.75. The zero-order valence-corrected chi connectivity index (χ0v) is 16.3. The number of para-hydroxylation sites is 2. The Kier molecular flexibility index (Phi) is 5.20. The predicted molar refractivity (Wildman–Crippen MR) is 112 cm³/mol. The van der Waals surface area contributed by atoms with Crippen LogP contribution in [0.2, 0.25) is 0 Å². The number of anilines is 3.